The van der Waals surface area contributed by atoms with Crippen LogP contribution >= 0.6 is 0 Å². The number of nitrogens with one attached hydrogen (secondary N) is 1. The van der Waals surface area contributed by atoms with Gasteiger partial charge < -0.3 is 14.8 Å². The number of amides is 1. The number of nitrogens with zero attached hydrogens (tertiary/aromatic N) is 4. The molecule has 1 N–H and O–H groups in total. The number of alkyl halides is 3. The highest BCUT2D eigenvalue weighted by Gasteiger charge is 2.36. The van der Waals surface area contributed by atoms with Crippen molar-refractivity contribution in [3.05, 3.63) is 77.6 Å². The monoisotopic (exact) mass is 493 g/mol. The van der Waals surface area contributed by atoms with Crippen molar-refractivity contribution in [2.24, 2.45) is 0 Å². The molecule has 0 bridgehead atoms. The van der Waals surface area contributed by atoms with Crippen LogP contribution in [0.3, 0.4) is 0 Å². The van der Waals surface area contributed by atoms with Crippen molar-refractivity contribution in [1.29, 1.82) is 5.26 Å². The number of fused-ring (bicyclic) bond motifs is 1. The molecule has 36 heavy (non-hydrogen) atoms. The number of para-hydroxylation sites is 1. The summed E-state index contributed by atoms with van der Waals surface area (Å²) >= 11 is 0. The summed E-state index contributed by atoms with van der Waals surface area (Å²) in [5, 5.41) is 15.2. The van der Waals surface area contributed by atoms with Gasteiger partial charge in [0.15, 0.2) is 22.8 Å². The van der Waals surface area contributed by atoms with Gasteiger partial charge in [-0.2, -0.15) is 23.5 Å². The number of benzene rings is 2. The summed E-state index contributed by atoms with van der Waals surface area (Å²) in [6, 6.07) is 14.0. The van der Waals surface area contributed by atoms with Crippen molar-refractivity contribution in [3.8, 4) is 28.8 Å². The van der Waals surface area contributed by atoms with Crippen LogP contribution in [0, 0.1) is 11.3 Å². The van der Waals surface area contributed by atoms with E-state index in [0.717, 1.165) is 12.3 Å². The van der Waals surface area contributed by atoms with E-state index >= 15 is 0 Å². The molecule has 0 fully saturated rings. The number of anilines is 1. The SMILES string of the molecule is COc1ccc(-c2cc(C(F)(F)F)n3ncc(C(=O)Nc4ccccc4C=CC#N)c3n2)cc1OC. The maximum absolute atomic E-state index is 13.9. The highest BCUT2D eigenvalue weighted by atomic mass is 19.4. The molecule has 0 aliphatic rings. The van der Waals surface area contributed by atoms with Crippen LogP contribution < -0.4 is 14.8 Å². The Morgan fingerprint density at radius 1 is 1.11 bits per heavy atom. The molecule has 0 unspecified atom stereocenters. The lowest BCUT2D eigenvalue weighted by Crippen LogP contribution is -2.16. The molecule has 4 rings (SSSR count). The highest BCUT2D eigenvalue weighted by molar-refractivity contribution is 6.09. The number of hydrogen-bond acceptors (Lipinski definition) is 6. The minimum atomic E-state index is -4.78. The van der Waals surface area contributed by atoms with Crippen LogP contribution in [0.25, 0.3) is 23.0 Å². The van der Waals surface area contributed by atoms with Gasteiger partial charge in [-0.05, 0) is 42.0 Å². The number of allylic oxidation sites excluding steroid dienone is 1. The van der Waals surface area contributed by atoms with Crippen molar-refractivity contribution in [2.45, 2.75) is 6.18 Å². The van der Waals surface area contributed by atoms with Gasteiger partial charge in [-0.25, -0.2) is 9.50 Å². The minimum Gasteiger partial charge on any atom is -0.493 e. The number of rotatable bonds is 6. The zero-order valence-corrected chi connectivity index (χ0v) is 19.0. The highest BCUT2D eigenvalue weighted by Crippen LogP contribution is 2.36. The second kappa shape index (κ2) is 9.79. The van der Waals surface area contributed by atoms with Gasteiger partial charge in [0.2, 0.25) is 0 Å². The molecule has 2 aromatic carbocycles. The molecule has 0 saturated carbocycles. The van der Waals surface area contributed by atoms with Crippen molar-refractivity contribution in [3.63, 3.8) is 0 Å². The smallest absolute Gasteiger partial charge is 0.433 e. The molecule has 2 aromatic heterocycles. The fourth-order valence-corrected chi connectivity index (χ4v) is 3.54. The van der Waals surface area contributed by atoms with Gasteiger partial charge in [0.25, 0.3) is 5.91 Å². The fourth-order valence-electron chi connectivity index (χ4n) is 3.54. The Kier molecular flexibility index (Phi) is 6.60. The van der Waals surface area contributed by atoms with Gasteiger partial charge in [0.05, 0.1) is 32.2 Å². The Labute approximate surface area is 203 Å². The molecule has 8 nitrogen and oxygen atoms in total. The third-order valence-corrected chi connectivity index (χ3v) is 5.23. The Bertz CT molecular complexity index is 1520. The van der Waals surface area contributed by atoms with Crippen LogP contribution in [0.2, 0.25) is 0 Å². The predicted octanol–water partition coefficient (Wildman–Crippen LogP) is 5.22. The molecule has 1 amide bonds. The molecule has 0 radical (unpaired) electrons. The number of hydrogen-bond donors (Lipinski definition) is 1. The lowest BCUT2D eigenvalue weighted by Gasteiger charge is -2.13. The summed E-state index contributed by atoms with van der Waals surface area (Å²) < 4.78 is 52.8. The van der Waals surface area contributed by atoms with Gasteiger partial charge in [-0.1, -0.05) is 18.2 Å². The van der Waals surface area contributed by atoms with E-state index in [9.17, 15) is 18.0 Å². The minimum absolute atomic E-state index is 0.0392. The standard InChI is InChI=1S/C25H18F3N5O3/c1-35-20-10-9-16(12-21(20)36-2)19-13-22(25(26,27)28)33-23(31-19)17(14-30-33)24(34)32-18-8-4-3-6-15(18)7-5-11-29/h3-10,12-14H,1-2H3,(H,32,34). The average Bonchev–Trinajstić information content (AvgIpc) is 3.30. The quantitative estimate of drug-likeness (QED) is 0.370. The average molecular weight is 493 g/mol. The molecular formula is C25H18F3N5O3. The van der Waals surface area contributed by atoms with Gasteiger partial charge in [0, 0.05) is 17.3 Å². The summed E-state index contributed by atoms with van der Waals surface area (Å²) in [5.74, 6) is -0.0152. The third-order valence-electron chi connectivity index (χ3n) is 5.23. The summed E-state index contributed by atoms with van der Waals surface area (Å²) in [5.41, 5.74) is -0.366. The van der Waals surface area contributed by atoms with E-state index in [4.69, 9.17) is 14.7 Å². The van der Waals surface area contributed by atoms with Crippen LogP contribution in [0.1, 0.15) is 21.6 Å². The Hall–Kier alpha value is -4.85. The van der Waals surface area contributed by atoms with Crippen LogP contribution in [0.5, 0.6) is 11.5 Å². The Morgan fingerprint density at radius 2 is 1.86 bits per heavy atom. The zero-order chi connectivity index (χ0) is 25.9. The zero-order valence-electron chi connectivity index (χ0n) is 19.0. The first-order chi connectivity index (χ1) is 17.3. The number of carbonyl (C=O) groups is 1. The Morgan fingerprint density at radius 3 is 2.56 bits per heavy atom. The van der Waals surface area contributed by atoms with Crippen molar-refractivity contribution >= 4 is 23.3 Å². The van der Waals surface area contributed by atoms with Crippen molar-refractivity contribution < 1.29 is 27.4 Å². The first-order valence-electron chi connectivity index (χ1n) is 10.4. The summed E-state index contributed by atoms with van der Waals surface area (Å²) in [6.07, 6.45) is -1.01. The van der Waals surface area contributed by atoms with Gasteiger partial charge >= 0.3 is 6.18 Å². The fraction of sp³-hybridized carbons (Fsp3) is 0.120. The summed E-state index contributed by atoms with van der Waals surface area (Å²) in [7, 11) is 2.84. The van der Waals surface area contributed by atoms with Crippen LogP contribution in [-0.2, 0) is 6.18 Å². The first-order valence-corrected chi connectivity index (χ1v) is 10.4. The van der Waals surface area contributed by atoms with E-state index in [1.54, 1.807) is 30.3 Å². The summed E-state index contributed by atoms with van der Waals surface area (Å²) in [4.78, 5) is 17.4. The van der Waals surface area contributed by atoms with Crippen molar-refractivity contribution in [1.82, 2.24) is 14.6 Å². The molecule has 0 aliphatic heterocycles. The third kappa shape index (κ3) is 4.69. The predicted molar refractivity (Wildman–Crippen MR) is 126 cm³/mol. The van der Waals surface area contributed by atoms with E-state index in [-0.39, 0.29) is 16.9 Å². The van der Waals surface area contributed by atoms with Crippen molar-refractivity contribution in [2.75, 3.05) is 19.5 Å². The van der Waals surface area contributed by atoms with Crippen LogP contribution in [0.4, 0.5) is 18.9 Å². The number of halogens is 3. The largest absolute Gasteiger partial charge is 0.493 e. The van der Waals surface area contributed by atoms with Crippen LogP contribution in [0.15, 0.2) is 60.8 Å². The topological polar surface area (TPSA) is 102 Å². The number of carbonyl (C=O) groups excluding carboxylic acids is 1. The normalized spacial score (nSPS) is 11.4. The maximum atomic E-state index is 13.9. The molecule has 0 aliphatic carbocycles. The van der Waals surface area contributed by atoms with E-state index in [1.165, 1.54) is 38.5 Å². The van der Waals surface area contributed by atoms with E-state index in [1.807, 2.05) is 6.07 Å². The molecule has 2 heterocycles. The van der Waals surface area contributed by atoms with E-state index in [2.05, 4.69) is 15.4 Å². The molecule has 4 aromatic rings. The van der Waals surface area contributed by atoms with Gasteiger partial charge in [-0.15, -0.1) is 0 Å². The lowest BCUT2D eigenvalue weighted by molar-refractivity contribution is -0.142. The van der Waals surface area contributed by atoms with Gasteiger partial charge in [-0.3, -0.25) is 4.79 Å². The summed E-state index contributed by atoms with van der Waals surface area (Å²) in [6.45, 7) is 0. The lowest BCUT2D eigenvalue weighted by atomic mass is 10.1. The first kappa shape index (κ1) is 24.3. The molecule has 0 saturated heterocycles. The number of methoxy groups -OCH3 is 2. The molecule has 182 valence electrons. The van der Waals surface area contributed by atoms with Gasteiger partial charge in [0.1, 0.15) is 5.56 Å². The Balaban J connectivity index is 1.84. The maximum Gasteiger partial charge on any atom is 0.433 e. The second-order valence-electron chi connectivity index (χ2n) is 7.39. The van der Waals surface area contributed by atoms with E-state index in [0.29, 0.717) is 32.8 Å². The molecule has 11 heteroatoms. The number of nitriles is 1. The second-order valence-corrected chi connectivity index (χ2v) is 7.39. The van der Waals surface area contributed by atoms with E-state index < -0.39 is 17.8 Å². The number of aromatic nitrogens is 3. The number of ether oxygens (including phenoxy) is 2. The molecular weight excluding hydrogens is 475 g/mol. The molecule has 0 atom stereocenters. The molecule has 0 spiro atoms. The van der Waals surface area contributed by atoms with Crippen LogP contribution in [-0.4, -0.2) is 34.7 Å².